The summed E-state index contributed by atoms with van der Waals surface area (Å²) in [5, 5.41) is 28.4. The standard InChI is InChI=1S/C12H26O2.2C12H22O2.C12H20O2.C12H20.2C11H22O.2C11H20.C11H18.2C10H16O/c1-10(9-11(2)14-5)7-6-8-12(3,4)13;3*1-10(2)6-5-7-11(3)8-9-14-12(4)13;1-10(2)7-6-8-12(5)9-11(3)4;2*1-5-7-10(2)8-6-9-11(3,4)12;3*1-5-7-11(4)9-6-8-10(2)3;2*1-9(2)5-4-6-10(3)7-8-11/h10-11,13H,6-9H2,1-5H3;2*6,11H,5,7-9H2,1-4H3;6,8H,5,7,9H2,1-4H3;7,9H,3,6,8H2,1-2,4-5H3;2*5,10,12H,1,6-9H2,2-4H3;7-8H,5-6,9H2,1-4H3;5,8,11H,1,6-7,9H2,2-4H3;5,7-8H,1,6,9H2,2-4H3;2*5,7-8H,4,6H2,1-3H3/b;;;11-8+;12-9-;;;11-7+;;11-7-;2*10-7+/t;;;;;10-;;;;;;/m.....1....../s1. The van der Waals surface area contributed by atoms with Gasteiger partial charge in [-0.1, -0.05) is 287 Å². The van der Waals surface area contributed by atoms with Gasteiger partial charge >= 0.3 is 17.9 Å². The summed E-state index contributed by atoms with van der Waals surface area (Å²) >= 11 is 0. The van der Waals surface area contributed by atoms with E-state index < -0.39 is 16.8 Å². The Bertz CT molecular complexity index is 3530. The van der Waals surface area contributed by atoms with Crippen molar-refractivity contribution in [1.82, 2.24) is 0 Å². The molecular formula is C135H244O12. The molecule has 7 atom stereocenters. The summed E-state index contributed by atoms with van der Waals surface area (Å²) in [7, 11) is 1.76. The molecule has 6 unspecified atom stereocenters. The number of carbonyl (C=O) groups is 5. The highest BCUT2D eigenvalue weighted by Crippen LogP contribution is 2.24. The van der Waals surface area contributed by atoms with Gasteiger partial charge in [-0.05, 0) is 455 Å². The van der Waals surface area contributed by atoms with Crippen molar-refractivity contribution in [2.45, 2.75) is 532 Å². The van der Waals surface area contributed by atoms with Crippen LogP contribution < -0.4 is 0 Å². The number of allylic oxidation sites excluding steroid dienone is 34. The number of rotatable bonds is 61. The predicted molar refractivity (Wildman–Crippen MR) is 658 cm³/mol. The lowest BCUT2D eigenvalue weighted by atomic mass is 9.94. The first-order valence-electron chi connectivity index (χ1n) is 55.9. The van der Waals surface area contributed by atoms with Gasteiger partial charge < -0.3 is 34.3 Å². The molecule has 856 valence electrons. The second-order valence-electron chi connectivity index (χ2n) is 45.1. The Labute approximate surface area is 915 Å². The lowest BCUT2D eigenvalue weighted by Crippen LogP contribution is -2.18. The van der Waals surface area contributed by atoms with Crippen LogP contribution in [0.15, 0.2) is 238 Å². The van der Waals surface area contributed by atoms with E-state index in [1.165, 1.54) is 157 Å². The summed E-state index contributed by atoms with van der Waals surface area (Å²) < 4.78 is 19.8. The molecule has 0 rings (SSSR count). The normalized spacial score (nSPS) is 12.4. The van der Waals surface area contributed by atoms with Crippen LogP contribution in [-0.2, 0) is 42.9 Å². The molecule has 0 heterocycles. The molecule has 0 aromatic carbocycles. The maximum atomic E-state index is 10.5. The van der Waals surface area contributed by atoms with E-state index in [4.69, 9.17) is 18.9 Å². The SMILES string of the molecule is C=C(C)/C=C(/C)CCC=C(C)C.C=C/C=C(/C)CCC=C(C)C.C=CCC(C)CCC=C(C)C.C=CCC(C)CCCC(C)(C)O.C=CC[C@@H](C)CCCC(C)(C)O.CC(=O)OC/C=C(\C)CCC=C(C)C.CC(=O)OCCC(C)CCC=C(C)C.CC(=O)OCCC(C)CCC=C(C)C.CC(C)=CCC/C(C)=C/C=O.CC(C)=CCC/C(C)=C/C=O.CC/C=C(\C)CCC=C(C)C.COC(C)CC(C)CCCC(C)(C)O. The Hall–Kier alpha value is -7.61. The molecule has 3 N–H and O–H groups in total. The average Bonchev–Trinajstić information content (AvgIpc) is 0.978. The van der Waals surface area contributed by atoms with Crippen molar-refractivity contribution in [2.75, 3.05) is 26.9 Å². The minimum Gasteiger partial charge on any atom is -0.466 e. The highest BCUT2D eigenvalue weighted by Gasteiger charge is 2.16. The van der Waals surface area contributed by atoms with Crippen molar-refractivity contribution in [2.24, 2.45) is 35.5 Å². The van der Waals surface area contributed by atoms with E-state index in [2.05, 4.69) is 314 Å². The van der Waals surface area contributed by atoms with E-state index in [1.54, 1.807) is 19.3 Å². The van der Waals surface area contributed by atoms with Crippen molar-refractivity contribution < 1.29 is 58.2 Å². The van der Waals surface area contributed by atoms with Crippen LogP contribution in [-0.4, -0.2) is 95.6 Å². The summed E-state index contributed by atoms with van der Waals surface area (Å²) in [5.41, 5.74) is 20.0. The van der Waals surface area contributed by atoms with Gasteiger partial charge in [0.15, 0.2) is 0 Å². The molecule has 0 aliphatic heterocycles. The fourth-order valence-corrected chi connectivity index (χ4v) is 13.3. The molecule has 0 fully saturated rings. The Balaban J connectivity index is -0.000000135. The van der Waals surface area contributed by atoms with Crippen LogP contribution in [0.25, 0.3) is 0 Å². The number of hydrogen-bond acceptors (Lipinski definition) is 12. The smallest absolute Gasteiger partial charge is 0.302 e. The van der Waals surface area contributed by atoms with Gasteiger partial charge in [-0.2, -0.15) is 0 Å². The van der Waals surface area contributed by atoms with Gasteiger partial charge in [0, 0.05) is 27.9 Å². The molecule has 147 heavy (non-hydrogen) atoms. The first kappa shape index (κ1) is 165. The number of methoxy groups -OCH3 is 1. The van der Waals surface area contributed by atoms with Crippen LogP contribution in [0.3, 0.4) is 0 Å². The predicted octanol–water partition coefficient (Wildman–Crippen LogP) is 41.1. The van der Waals surface area contributed by atoms with E-state index in [9.17, 15) is 39.3 Å². The molecule has 0 radical (unpaired) electrons. The average molecular weight is 2060 g/mol. The molecule has 0 amide bonds. The fourth-order valence-electron chi connectivity index (χ4n) is 13.3. The van der Waals surface area contributed by atoms with Crippen LogP contribution in [0.2, 0.25) is 0 Å². The summed E-state index contributed by atoms with van der Waals surface area (Å²) in [6, 6.07) is 0. The molecule has 0 aromatic rings. The lowest BCUT2D eigenvalue weighted by Gasteiger charge is -2.19. The quantitative estimate of drug-likeness (QED) is 0.0131. The maximum absolute atomic E-state index is 10.5. The van der Waals surface area contributed by atoms with Gasteiger partial charge in [-0.3, -0.25) is 24.0 Å². The van der Waals surface area contributed by atoms with Crippen molar-refractivity contribution in [3.8, 4) is 0 Å². The third kappa shape index (κ3) is 190. The molecule has 0 aromatic heterocycles. The van der Waals surface area contributed by atoms with Gasteiger partial charge in [-0.25, -0.2) is 0 Å². The van der Waals surface area contributed by atoms with Gasteiger partial charge in [0.1, 0.15) is 19.2 Å². The van der Waals surface area contributed by atoms with Gasteiger partial charge in [0.2, 0.25) is 0 Å². The minimum atomic E-state index is -0.507. The van der Waals surface area contributed by atoms with Crippen LogP contribution in [0, 0.1) is 35.5 Å². The molecule has 0 aliphatic rings. The third-order valence-corrected chi connectivity index (χ3v) is 22.2. The second-order valence-corrected chi connectivity index (χ2v) is 45.1. The molecule has 0 bridgehead atoms. The summed E-state index contributed by atoms with van der Waals surface area (Å²) in [6.45, 7) is 106. The van der Waals surface area contributed by atoms with Crippen LogP contribution in [0.1, 0.15) is 509 Å². The molecular weight excluding hydrogens is 1810 g/mol. The van der Waals surface area contributed by atoms with E-state index >= 15 is 0 Å². The number of carbonyl (C=O) groups excluding carboxylic acids is 5. The summed E-state index contributed by atoms with van der Waals surface area (Å²) in [5.74, 6) is 3.58. The summed E-state index contributed by atoms with van der Waals surface area (Å²) in [4.78, 5) is 51.5. The van der Waals surface area contributed by atoms with E-state index in [0.29, 0.717) is 55.5 Å². The Morgan fingerprint density at radius 1 is 0.306 bits per heavy atom. The zero-order chi connectivity index (χ0) is 116. The zero-order valence-electron chi connectivity index (χ0n) is 105. The molecule has 0 aliphatic carbocycles. The number of esters is 3. The number of ether oxygens (including phenoxy) is 4. The fraction of sp³-hybridized carbons (Fsp3) is 0.667. The van der Waals surface area contributed by atoms with Crippen LogP contribution >= 0.6 is 0 Å². The van der Waals surface area contributed by atoms with E-state index in [0.717, 1.165) is 189 Å². The minimum absolute atomic E-state index is 0.179. The summed E-state index contributed by atoms with van der Waals surface area (Å²) in [6.07, 6.45) is 79.2. The number of aldehydes is 2. The molecule has 12 heteroatoms. The highest BCUT2D eigenvalue weighted by atomic mass is 16.5. The molecule has 0 saturated heterocycles. The second kappa shape index (κ2) is 115. The Kier molecular flexibility index (Phi) is 129. The molecule has 0 spiro atoms. The van der Waals surface area contributed by atoms with Gasteiger partial charge in [-0.15, -0.1) is 19.7 Å². The van der Waals surface area contributed by atoms with Crippen molar-refractivity contribution in [3.63, 3.8) is 0 Å². The maximum Gasteiger partial charge on any atom is 0.302 e. The third-order valence-electron chi connectivity index (χ3n) is 22.2. The van der Waals surface area contributed by atoms with Crippen molar-refractivity contribution >= 4 is 30.5 Å². The van der Waals surface area contributed by atoms with Gasteiger partial charge in [0.25, 0.3) is 0 Å². The monoisotopic (exact) mass is 2060 g/mol. The van der Waals surface area contributed by atoms with Crippen LogP contribution in [0.5, 0.6) is 0 Å². The van der Waals surface area contributed by atoms with Crippen molar-refractivity contribution in [3.05, 3.63) is 238 Å². The lowest BCUT2D eigenvalue weighted by molar-refractivity contribution is -0.142. The first-order chi connectivity index (χ1) is 68.2. The number of aliphatic hydroxyl groups is 3. The Morgan fingerprint density at radius 2 is 0.551 bits per heavy atom. The highest BCUT2D eigenvalue weighted by molar-refractivity contribution is 5.67. The van der Waals surface area contributed by atoms with E-state index in [1.807, 2.05) is 92.7 Å². The van der Waals surface area contributed by atoms with Crippen LogP contribution in [0.4, 0.5) is 0 Å². The molecule has 12 nitrogen and oxygen atoms in total. The molecule has 0 saturated carbocycles. The van der Waals surface area contributed by atoms with Gasteiger partial charge in [0.05, 0.1) is 36.1 Å². The topological polar surface area (TPSA) is 183 Å². The first-order valence-corrected chi connectivity index (χ1v) is 55.9. The number of hydrogen-bond donors (Lipinski definition) is 3. The Morgan fingerprint density at radius 3 is 0.789 bits per heavy atom. The van der Waals surface area contributed by atoms with Crippen molar-refractivity contribution in [1.29, 1.82) is 0 Å². The largest absolute Gasteiger partial charge is 0.466 e. The van der Waals surface area contributed by atoms with E-state index in [-0.39, 0.29) is 17.9 Å². The zero-order valence-corrected chi connectivity index (χ0v) is 105.